The van der Waals surface area contributed by atoms with Crippen molar-refractivity contribution in [2.24, 2.45) is 0 Å². The lowest BCUT2D eigenvalue weighted by Crippen LogP contribution is -2.29. The summed E-state index contributed by atoms with van der Waals surface area (Å²) in [5, 5.41) is 8.91. The van der Waals surface area contributed by atoms with E-state index < -0.39 is 5.97 Å². The summed E-state index contributed by atoms with van der Waals surface area (Å²) in [7, 11) is 0. The van der Waals surface area contributed by atoms with Gasteiger partial charge in [0.05, 0.1) is 0 Å². The predicted octanol–water partition coefficient (Wildman–Crippen LogP) is 3.03. The maximum Gasteiger partial charge on any atom is 0.331 e. The van der Waals surface area contributed by atoms with E-state index in [4.69, 9.17) is 5.11 Å². The van der Waals surface area contributed by atoms with Crippen LogP contribution in [0.5, 0.6) is 0 Å². The Hall–Kier alpha value is -1.77. The maximum absolute atomic E-state index is 10.8. The molecule has 3 nitrogen and oxygen atoms in total. The Kier molecular flexibility index (Phi) is 3.70. The maximum atomic E-state index is 10.8. The summed E-state index contributed by atoms with van der Waals surface area (Å²) in [5.41, 5.74) is 3.03. The zero-order valence-corrected chi connectivity index (χ0v) is 10.9. The smallest absolute Gasteiger partial charge is 0.331 e. The van der Waals surface area contributed by atoms with E-state index in [1.807, 2.05) is 6.08 Å². The molecule has 0 radical (unpaired) electrons. The summed E-state index contributed by atoms with van der Waals surface area (Å²) < 4.78 is 0. The van der Waals surface area contributed by atoms with Crippen LogP contribution in [0.3, 0.4) is 0 Å². The van der Waals surface area contributed by atoms with Crippen LogP contribution >= 0.6 is 0 Å². The van der Waals surface area contributed by atoms with E-state index in [1.54, 1.807) is 0 Å². The van der Waals surface area contributed by atoms with Crippen molar-refractivity contribution in [3.63, 3.8) is 0 Å². The number of carboxylic acids is 1. The van der Waals surface area contributed by atoms with Crippen LogP contribution in [0.15, 0.2) is 35.9 Å². The largest absolute Gasteiger partial charge is 0.478 e. The number of hydrogen-bond acceptors (Lipinski definition) is 2. The highest BCUT2D eigenvalue weighted by atomic mass is 16.4. The molecule has 2 rings (SSSR count). The summed E-state index contributed by atoms with van der Waals surface area (Å²) in [5.74, 6) is -0.247. The highest BCUT2D eigenvalue weighted by Gasteiger charge is 2.16. The van der Waals surface area contributed by atoms with Crippen LogP contribution in [0.25, 0.3) is 0 Å². The molecule has 1 aliphatic rings. The summed E-state index contributed by atoms with van der Waals surface area (Å²) in [6.07, 6.45) is 2.42. The lowest BCUT2D eigenvalue weighted by Gasteiger charge is -2.27. The van der Waals surface area contributed by atoms with E-state index in [0.29, 0.717) is 24.5 Å². The number of aliphatic carboxylic acids is 1. The Bertz CT molecular complexity index is 460. The van der Waals surface area contributed by atoms with Gasteiger partial charge in [-0.3, -0.25) is 0 Å². The Labute approximate surface area is 108 Å². The molecule has 0 saturated carbocycles. The minimum absolute atomic E-state index is 0.532. The number of benzene rings is 1. The van der Waals surface area contributed by atoms with E-state index in [1.165, 1.54) is 11.3 Å². The molecule has 0 aromatic heterocycles. The highest BCUT2D eigenvalue weighted by Crippen LogP contribution is 2.22. The molecule has 96 valence electrons. The van der Waals surface area contributed by atoms with Crippen molar-refractivity contribution in [1.82, 2.24) is 0 Å². The van der Waals surface area contributed by atoms with Crippen LogP contribution in [0.4, 0.5) is 5.69 Å². The number of carboxylic acid groups (broad SMARTS) is 1. The number of hydrogen-bond donors (Lipinski definition) is 1. The van der Waals surface area contributed by atoms with E-state index in [9.17, 15) is 4.79 Å². The molecule has 0 saturated heterocycles. The van der Waals surface area contributed by atoms with Gasteiger partial charge < -0.3 is 10.0 Å². The van der Waals surface area contributed by atoms with Crippen molar-refractivity contribution in [1.29, 1.82) is 0 Å². The van der Waals surface area contributed by atoms with Crippen LogP contribution in [-0.2, 0) is 4.79 Å². The van der Waals surface area contributed by atoms with Crippen molar-refractivity contribution in [3.05, 3.63) is 41.5 Å². The molecule has 1 aromatic carbocycles. The van der Waals surface area contributed by atoms with Crippen LogP contribution in [0.1, 0.15) is 31.7 Å². The fraction of sp³-hybridized carbons (Fsp3) is 0.400. The molecule has 0 bridgehead atoms. The normalized spacial score (nSPS) is 15.7. The lowest BCUT2D eigenvalue weighted by molar-refractivity contribution is -0.132. The predicted molar refractivity (Wildman–Crippen MR) is 73.1 cm³/mol. The molecule has 0 amide bonds. The molecule has 1 N–H and O–H groups in total. The first-order valence-corrected chi connectivity index (χ1v) is 6.35. The van der Waals surface area contributed by atoms with Gasteiger partial charge in [0.2, 0.25) is 0 Å². The lowest BCUT2D eigenvalue weighted by atomic mass is 10.0. The van der Waals surface area contributed by atoms with Crippen LogP contribution in [0, 0.1) is 0 Å². The van der Waals surface area contributed by atoms with E-state index in [0.717, 1.165) is 6.54 Å². The molecule has 1 aliphatic heterocycles. The van der Waals surface area contributed by atoms with E-state index >= 15 is 0 Å². The van der Waals surface area contributed by atoms with Crippen molar-refractivity contribution in [2.45, 2.75) is 26.2 Å². The van der Waals surface area contributed by atoms with Crippen molar-refractivity contribution in [3.8, 4) is 0 Å². The zero-order valence-electron chi connectivity index (χ0n) is 10.9. The molecule has 1 heterocycles. The molecular weight excluding hydrogens is 226 g/mol. The Morgan fingerprint density at radius 3 is 2.39 bits per heavy atom. The van der Waals surface area contributed by atoms with E-state index in [-0.39, 0.29) is 0 Å². The molecule has 0 unspecified atom stereocenters. The molecule has 3 heteroatoms. The SMILES string of the molecule is CC(C)c1ccc(N2CC=C(C(=O)O)CC2)cc1. The van der Waals surface area contributed by atoms with Crippen LogP contribution in [0.2, 0.25) is 0 Å². The minimum atomic E-state index is -0.787. The van der Waals surface area contributed by atoms with Gasteiger partial charge in [0.15, 0.2) is 0 Å². The first-order valence-electron chi connectivity index (χ1n) is 6.35. The third-order valence-corrected chi connectivity index (χ3v) is 3.41. The van der Waals surface area contributed by atoms with Crippen molar-refractivity contribution in [2.75, 3.05) is 18.0 Å². The molecular formula is C15H19NO2. The average molecular weight is 245 g/mol. The second-order valence-electron chi connectivity index (χ2n) is 4.98. The molecule has 18 heavy (non-hydrogen) atoms. The molecule has 0 spiro atoms. The van der Waals surface area contributed by atoms with Gasteiger partial charge in [-0.15, -0.1) is 0 Å². The highest BCUT2D eigenvalue weighted by molar-refractivity contribution is 5.87. The Balaban J connectivity index is 2.08. The van der Waals surface area contributed by atoms with Gasteiger partial charge in [-0.25, -0.2) is 4.79 Å². The van der Waals surface area contributed by atoms with E-state index in [2.05, 4.69) is 43.0 Å². The Morgan fingerprint density at radius 2 is 1.94 bits per heavy atom. The minimum Gasteiger partial charge on any atom is -0.478 e. The first-order chi connectivity index (χ1) is 8.58. The molecule has 1 aromatic rings. The molecule has 0 aliphatic carbocycles. The van der Waals surface area contributed by atoms with Gasteiger partial charge in [0, 0.05) is 24.4 Å². The summed E-state index contributed by atoms with van der Waals surface area (Å²) in [6, 6.07) is 8.54. The third kappa shape index (κ3) is 2.73. The summed E-state index contributed by atoms with van der Waals surface area (Å²) in [4.78, 5) is 13.0. The van der Waals surface area contributed by atoms with Gasteiger partial charge in [-0.2, -0.15) is 0 Å². The van der Waals surface area contributed by atoms with Crippen LogP contribution < -0.4 is 4.90 Å². The fourth-order valence-corrected chi connectivity index (χ4v) is 2.17. The average Bonchev–Trinajstić information content (AvgIpc) is 2.39. The second-order valence-corrected chi connectivity index (χ2v) is 4.98. The van der Waals surface area contributed by atoms with Crippen molar-refractivity contribution < 1.29 is 9.90 Å². The van der Waals surface area contributed by atoms with Gasteiger partial charge in [-0.05, 0) is 30.0 Å². The summed E-state index contributed by atoms with van der Waals surface area (Å²) in [6.45, 7) is 5.82. The van der Waals surface area contributed by atoms with Crippen molar-refractivity contribution >= 4 is 11.7 Å². The second kappa shape index (κ2) is 5.25. The first kappa shape index (κ1) is 12.7. The van der Waals surface area contributed by atoms with Gasteiger partial charge in [0.1, 0.15) is 0 Å². The summed E-state index contributed by atoms with van der Waals surface area (Å²) >= 11 is 0. The monoisotopic (exact) mass is 245 g/mol. The number of rotatable bonds is 3. The third-order valence-electron chi connectivity index (χ3n) is 3.41. The fourth-order valence-electron chi connectivity index (χ4n) is 2.17. The number of anilines is 1. The number of carbonyl (C=O) groups is 1. The topological polar surface area (TPSA) is 40.5 Å². The van der Waals surface area contributed by atoms with Crippen LogP contribution in [-0.4, -0.2) is 24.2 Å². The Morgan fingerprint density at radius 1 is 1.28 bits per heavy atom. The van der Waals surface area contributed by atoms with Gasteiger partial charge in [0.25, 0.3) is 0 Å². The van der Waals surface area contributed by atoms with Gasteiger partial charge >= 0.3 is 5.97 Å². The van der Waals surface area contributed by atoms with Gasteiger partial charge in [-0.1, -0.05) is 32.1 Å². The quantitative estimate of drug-likeness (QED) is 0.889. The molecule has 0 atom stereocenters. The number of nitrogens with zero attached hydrogens (tertiary/aromatic N) is 1. The zero-order chi connectivity index (χ0) is 13.1. The molecule has 0 fully saturated rings. The standard InChI is InChI=1S/C15H19NO2/c1-11(2)12-3-5-14(6-4-12)16-9-7-13(8-10-16)15(17)18/h3-7,11H,8-10H2,1-2H3,(H,17,18).